The van der Waals surface area contributed by atoms with Gasteiger partial charge in [-0.25, -0.2) is 8.78 Å². The third kappa shape index (κ3) is 4.46. The second-order valence-corrected chi connectivity index (χ2v) is 7.25. The maximum atomic E-state index is 14.0. The molecule has 0 atom stereocenters. The minimum atomic E-state index is -2.70. The maximum absolute atomic E-state index is 14.0. The summed E-state index contributed by atoms with van der Waals surface area (Å²) < 4.78 is 28.0. The SMILES string of the molecule is CN/C=C(\C=N)c1cc2c(cc1C(F)F)N(C1=C/C(=C(/C=N)C(=O)NC)NC=C1)CCC2. The molecule has 2 heterocycles. The summed E-state index contributed by atoms with van der Waals surface area (Å²) in [5.41, 5.74) is 3.53. The van der Waals surface area contributed by atoms with Gasteiger partial charge in [-0.3, -0.25) is 4.79 Å². The minimum Gasteiger partial charge on any atom is -0.393 e. The van der Waals surface area contributed by atoms with E-state index in [0.29, 0.717) is 29.1 Å². The largest absolute Gasteiger partial charge is 0.393 e. The van der Waals surface area contributed by atoms with E-state index in [9.17, 15) is 13.6 Å². The number of rotatable bonds is 7. The zero-order valence-electron chi connectivity index (χ0n) is 17.9. The van der Waals surface area contributed by atoms with E-state index in [1.807, 2.05) is 11.0 Å². The lowest BCUT2D eigenvalue weighted by atomic mass is 9.92. The van der Waals surface area contributed by atoms with Crippen LogP contribution in [0.5, 0.6) is 0 Å². The average molecular weight is 440 g/mol. The number of likely N-dealkylation sites (N-methyl/N-ethyl adjacent to an activating group) is 1. The Morgan fingerprint density at radius 2 is 2.03 bits per heavy atom. The number of hydrogen-bond donors (Lipinski definition) is 5. The summed E-state index contributed by atoms with van der Waals surface area (Å²) in [5, 5.41) is 23.5. The summed E-state index contributed by atoms with van der Waals surface area (Å²) in [5.74, 6) is -0.396. The first-order valence-electron chi connectivity index (χ1n) is 10.2. The summed E-state index contributed by atoms with van der Waals surface area (Å²) in [6.45, 7) is 0.627. The molecule has 1 aromatic carbocycles. The normalized spacial score (nSPS) is 17.2. The summed E-state index contributed by atoms with van der Waals surface area (Å²) in [6.07, 6.45) is 7.64. The van der Waals surface area contributed by atoms with Crippen molar-refractivity contribution in [2.45, 2.75) is 19.3 Å². The van der Waals surface area contributed by atoms with Gasteiger partial charge in [0.05, 0.1) is 11.3 Å². The van der Waals surface area contributed by atoms with Crippen molar-refractivity contribution in [3.8, 4) is 0 Å². The molecule has 0 unspecified atom stereocenters. The van der Waals surface area contributed by atoms with Gasteiger partial charge in [0.25, 0.3) is 12.3 Å². The summed E-state index contributed by atoms with van der Waals surface area (Å²) in [7, 11) is 3.15. The molecule has 5 N–H and O–H groups in total. The number of halogens is 2. The van der Waals surface area contributed by atoms with E-state index in [0.717, 1.165) is 36.5 Å². The van der Waals surface area contributed by atoms with Crippen LogP contribution < -0.4 is 20.9 Å². The Hall–Kier alpha value is -3.75. The zero-order chi connectivity index (χ0) is 23.3. The number of alkyl halides is 2. The third-order valence-electron chi connectivity index (χ3n) is 5.37. The van der Waals surface area contributed by atoms with Crippen LogP contribution in [0.3, 0.4) is 0 Å². The molecule has 1 amide bonds. The smallest absolute Gasteiger partial charge is 0.264 e. The molecule has 2 aliphatic heterocycles. The zero-order valence-corrected chi connectivity index (χ0v) is 17.9. The number of allylic oxidation sites excluding steroid dienone is 3. The number of dihydropyridines is 1. The predicted molar refractivity (Wildman–Crippen MR) is 123 cm³/mol. The molecule has 0 bridgehead atoms. The van der Waals surface area contributed by atoms with Crippen LogP contribution in [0.15, 0.2) is 53.7 Å². The Morgan fingerprint density at radius 3 is 2.66 bits per heavy atom. The molecule has 0 saturated carbocycles. The van der Waals surface area contributed by atoms with E-state index in [4.69, 9.17) is 10.8 Å². The van der Waals surface area contributed by atoms with Gasteiger partial charge in [0.15, 0.2) is 0 Å². The standard InChI is InChI=1S/C23H26F2N6O/c1-28-13-15(11-26)17-8-14-4-3-7-31(21(14)10-18(17)22(24)25)16-5-6-30-20(9-16)19(12-27)23(32)29-2/h5-6,8-13,22,26-28,30H,3-4,7H2,1-2H3,(H,29,32)/b15-13+,20-19+,26-11?,27-12?. The Labute approximate surface area is 185 Å². The van der Waals surface area contributed by atoms with Crippen LogP contribution in [-0.4, -0.2) is 39.0 Å². The van der Waals surface area contributed by atoms with Crippen molar-refractivity contribution >= 4 is 29.6 Å². The molecule has 2 aliphatic rings. The fraction of sp³-hybridized carbons (Fsp3) is 0.261. The van der Waals surface area contributed by atoms with Crippen molar-refractivity contribution < 1.29 is 13.6 Å². The number of amides is 1. The molecule has 168 valence electrons. The van der Waals surface area contributed by atoms with E-state index < -0.39 is 12.3 Å². The number of benzene rings is 1. The van der Waals surface area contributed by atoms with Crippen LogP contribution >= 0.6 is 0 Å². The number of nitrogens with zero attached hydrogens (tertiary/aromatic N) is 1. The molecule has 0 radical (unpaired) electrons. The third-order valence-corrected chi connectivity index (χ3v) is 5.37. The van der Waals surface area contributed by atoms with Gasteiger partial charge in [-0.2, -0.15) is 0 Å². The highest BCUT2D eigenvalue weighted by molar-refractivity contribution is 6.12. The van der Waals surface area contributed by atoms with Crippen molar-refractivity contribution in [3.05, 3.63) is 70.3 Å². The van der Waals surface area contributed by atoms with Crippen molar-refractivity contribution in [1.82, 2.24) is 16.0 Å². The summed E-state index contributed by atoms with van der Waals surface area (Å²) in [4.78, 5) is 14.0. The second-order valence-electron chi connectivity index (χ2n) is 7.25. The van der Waals surface area contributed by atoms with Crippen molar-refractivity contribution in [2.75, 3.05) is 25.5 Å². The Balaban J connectivity index is 2.13. The predicted octanol–water partition coefficient (Wildman–Crippen LogP) is 3.24. The molecule has 1 aromatic rings. The highest BCUT2D eigenvalue weighted by Gasteiger charge is 2.26. The van der Waals surface area contributed by atoms with Crippen LogP contribution in [0.25, 0.3) is 5.57 Å². The fourth-order valence-corrected chi connectivity index (χ4v) is 3.88. The van der Waals surface area contributed by atoms with Crippen LogP contribution in [0, 0.1) is 10.8 Å². The quantitative estimate of drug-likeness (QED) is 0.332. The van der Waals surface area contributed by atoms with Crippen LogP contribution in [-0.2, 0) is 11.2 Å². The molecule has 0 saturated heterocycles. The first kappa shape index (κ1) is 22.9. The minimum absolute atomic E-state index is 0.138. The van der Waals surface area contributed by atoms with Gasteiger partial charge in [0, 0.05) is 68.0 Å². The first-order valence-corrected chi connectivity index (χ1v) is 10.2. The van der Waals surface area contributed by atoms with Gasteiger partial charge in [0.1, 0.15) is 0 Å². The molecule has 0 spiro atoms. The monoisotopic (exact) mass is 440 g/mol. The fourth-order valence-electron chi connectivity index (χ4n) is 3.88. The molecule has 32 heavy (non-hydrogen) atoms. The molecule has 0 aromatic heterocycles. The topological polar surface area (TPSA) is 104 Å². The lowest BCUT2D eigenvalue weighted by molar-refractivity contribution is -0.116. The van der Waals surface area contributed by atoms with E-state index >= 15 is 0 Å². The molecular weight excluding hydrogens is 414 g/mol. The first-order chi connectivity index (χ1) is 15.4. The van der Waals surface area contributed by atoms with Crippen molar-refractivity contribution in [3.63, 3.8) is 0 Å². The van der Waals surface area contributed by atoms with Crippen LogP contribution in [0.4, 0.5) is 14.5 Å². The number of aryl methyl sites for hydroxylation is 1. The number of fused-ring (bicyclic) bond motifs is 1. The van der Waals surface area contributed by atoms with Gasteiger partial charge in [-0.1, -0.05) is 0 Å². The maximum Gasteiger partial charge on any atom is 0.264 e. The molecule has 0 fully saturated rings. The lowest BCUT2D eigenvalue weighted by Gasteiger charge is -2.34. The molecule has 0 aliphatic carbocycles. The molecular formula is C23H26F2N6O. The van der Waals surface area contributed by atoms with Gasteiger partial charge in [-0.15, -0.1) is 0 Å². The van der Waals surface area contributed by atoms with Crippen molar-refractivity contribution in [2.24, 2.45) is 0 Å². The van der Waals surface area contributed by atoms with E-state index in [1.54, 1.807) is 25.4 Å². The van der Waals surface area contributed by atoms with Gasteiger partial charge < -0.3 is 31.7 Å². The highest BCUT2D eigenvalue weighted by Crippen LogP contribution is 2.38. The lowest BCUT2D eigenvalue weighted by Crippen LogP contribution is -2.31. The number of carbonyl (C=O) groups is 1. The average Bonchev–Trinajstić information content (AvgIpc) is 2.81. The number of hydrogen-bond acceptors (Lipinski definition) is 6. The van der Waals surface area contributed by atoms with Gasteiger partial charge >= 0.3 is 0 Å². The van der Waals surface area contributed by atoms with Gasteiger partial charge in [0.2, 0.25) is 0 Å². The Kier molecular flexibility index (Phi) is 7.19. The van der Waals surface area contributed by atoms with Gasteiger partial charge in [-0.05, 0) is 48.3 Å². The van der Waals surface area contributed by atoms with Crippen molar-refractivity contribution in [1.29, 1.82) is 10.8 Å². The molecule has 7 nitrogen and oxygen atoms in total. The van der Waals surface area contributed by atoms with Crippen LogP contribution in [0.1, 0.15) is 29.5 Å². The number of carbonyl (C=O) groups excluding carboxylic acids is 1. The summed E-state index contributed by atoms with van der Waals surface area (Å²) in [6, 6.07) is 3.24. The second kappa shape index (κ2) is 10.0. The molecule has 3 rings (SSSR count). The number of anilines is 1. The Morgan fingerprint density at radius 1 is 1.25 bits per heavy atom. The number of nitrogens with one attached hydrogen (secondary N) is 5. The van der Waals surface area contributed by atoms with E-state index in [-0.39, 0.29) is 11.1 Å². The molecule has 9 heteroatoms. The van der Waals surface area contributed by atoms with Crippen LogP contribution in [0.2, 0.25) is 0 Å². The van der Waals surface area contributed by atoms with E-state index in [1.165, 1.54) is 19.3 Å². The highest BCUT2D eigenvalue weighted by atomic mass is 19.3. The summed E-state index contributed by atoms with van der Waals surface area (Å²) >= 11 is 0. The Bertz CT molecular complexity index is 1050. The van der Waals surface area contributed by atoms with E-state index in [2.05, 4.69) is 16.0 Å².